The number of rotatable bonds is 7. The van der Waals surface area contributed by atoms with Gasteiger partial charge in [-0.15, -0.1) is 0 Å². The fourth-order valence-electron chi connectivity index (χ4n) is 1.33. The largest absolute Gasteiger partial charge is 0.491 e. The Labute approximate surface area is 97.0 Å². The summed E-state index contributed by atoms with van der Waals surface area (Å²) in [6, 6.07) is 8.10. The molecule has 0 atom stereocenters. The summed E-state index contributed by atoms with van der Waals surface area (Å²) in [5.74, 6) is 1.40. The SMILES string of the molecule is CC(C)c1ccc(OCCOCCO)cc1. The Morgan fingerprint density at radius 2 is 1.75 bits per heavy atom. The van der Waals surface area contributed by atoms with Crippen LogP contribution in [0, 0.1) is 0 Å². The van der Waals surface area contributed by atoms with Gasteiger partial charge in [-0.3, -0.25) is 0 Å². The maximum Gasteiger partial charge on any atom is 0.119 e. The Balaban J connectivity index is 2.27. The summed E-state index contributed by atoms with van der Waals surface area (Å²) in [4.78, 5) is 0. The molecule has 0 aliphatic heterocycles. The highest BCUT2D eigenvalue weighted by Gasteiger charge is 1.99. The van der Waals surface area contributed by atoms with Gasteiger partial charge in [-0.1, -0.05) is 26.0 Å². The molecule has 1 rings (SSSR count). The minimum Gasteiger partial charge on any atom is -0.491 e. The van der Waals surface area contributed by atoms with E-state index in [0.29, 0.717) is 25.7 Å². The molecule has 3 heteroatoms. The van der Waals surface area contributed by atoms with Crippen LogP contribution in [0.25, 0.3) is 0 Å². The van der Waals surface area contributed by atoms with Crippen LogP contribution in [-0.4, -0.2) is 31.5 Å². The van der Waals surface area contributed by atoms with Crippen molar-refractivity contribution in [3.05, 3.63) is 29.8 Å². The van der Waals surface area contributed by atoms with Crippen molar-refractivity contribution < 1.29 is 14.6 Å². The summed E-state index contributed by atoms with van der Waals surface area (Å²) in [6.07, 6.45) is 0. The molecule has 0 aliphatic carbocycles. The number of ether oxygens (including phenoxy) is 2. The van der Waals surface area contributed by atoms with E-state index < -0.39 is 0 Å². The quantitative estimate of drug-likeness (QED) is 0.722. The molecule has 0 heterocycles. The van der Waals surface area contributed by atoms with Crippen LogP contribution in [0.5, 0.6) is 5.75 Å². The lowest BCUT2D eigenvalue weighted by Crippen LogP contribution is -2.09. The predicted octanol–water partition coefficient (Wildman–Crippen LogP) is 2.20. The minimum atomic E-state index is 0.0586. The number of benzene rings is 1. The van der Waals surface area contributed by atoms with Crippen LogP contribution in [0.2, 0.25) is 0 Å². The van der Waals surface area contributed by atoms with Crippen molar-refractivity contribution in [3.8, 4) is 5.75 Å². The van der Waals surface area contributed by atoms with Crippen LogP contribution >= 0.6 is 0 Å². The molecule has 0 bridgehead atoms. The first-order valence-electron chi connectivity index (χ1n) is 5.65. The summed E-state index contributed by atoms with van der Waals surface area (Å²) >= 11 is 0. The van der Waals surface area contributed by atoms with Gasteiger partial charge in [0, 0.05) is 0 Å². The lowest BCUT2D eigenvalue weighted by molar-refractivity contribution is 0.0705. The Morgan fingerprint density at radius 3 is 2.31 bits per heavy atom. The van der Waals surface area contributed by atoms with Crippen molar-refractivity contribution >= 4 is 0 Å². The topological polar surface area (TPSA) is 38.7 Å². The third-order valence-corrected chi connectivity index (χ3v) is 2.28. The van der Waals surface area contributed by atoms with Gasteiger partial charge in [-0.2, -0.15) is 0 Å². The van der Waals surface area contributed by atoms with Gasteiger partial charge in [-0.05, 0) is 23.6 Å². The van der Waals surface area contributed by atoms with E-state index in [1.165, 1.54) is 5.56 Å². The van der Waals surface area contributed by atoms with Crippen molar-refractivity contribution in [1.82, 2.24) is 0 Å². The predicted molar refractivity (Wildman–Crippen MR) is 63.9 cm³/mol. The third kappa shape index (κ3) is 4.64. The molecule has 1 N–H and O–H groups in total. The van der Waals surface area contributed by atoms with Gasteiger partial charge in [0.1, 0.15) is 12.4 Å². The van der Waals surface area contributed by atoms with E-state index >= 15 is 0 Å². The lowest BCUT2D eigenvalue weighted by Gasteiger charge is -2.08. The van der Waals surface area contributed by atoms with Gasteiger partial charge in [0.15, 0.2) is 0 Å². The maximum absolute atomic E-state index is 8.50. The molecule has 0 unspecified atom stereocenters. The van der Waals surface area contributed by atoms with Gasteiger partial charge in [0.25, 0.3) is 0 Å². The normalized spacial score (nSPS) is 10.8. The summed E-state index contributed by atoms with van der Waals surface area (Å²) in [6.45, 7) is 5.78. The van der Waals surface area contributed by atoms with Crippen molar-refractivity contribution in [2.75, 3.05) is 26.4 Å². The maximum atomic E-state index is 8.50. The summed E-state index contributed by atoms with van der Waals surface area (Å²) in [7, 11) is 0. The van der Waals surface area contributed by atoms with Gasteiger partial charge in [0.05, 0.1) is 19.8 Å². The highest BCUT2D eigenvalue weighted by molar-refractivity contribution is 5.28. The first-order chi connectivity index (χ1) is 7.74. The van der Waals surface area contributed by atoms with Crippen molar-refractivity contribution in [2.45, 2.75) is 19.8 Å². The van der Waals surface area contributed by atoms with E-state index in [-0.39, 0.29) is 6.61 Å². The first-order valence-corrected chi connectivity index (χ1v) is 5.65. The second kappa shape index (κ2) is 7.25. The third-order valence-electron chi connectivity index (χ3n) is 2.28. The number of aliphatic hydroxyl groups excluding tert-OH is 1. The Morgan fingerprint density at radius 1 is 1.06 bits per heavy atom. The molecular formula is C13H20O3. The zero-order chi connectivity index (χ0) is 11.8. The molecule has 0 amide bonds. The number of aliphatic hydroxyl groups is 1. The van der Waals surface area contributed by atoms with E-state index in [2.05, 4.69) is 26.0 Å². The van der Waals surface area contributed by atoms with E-state index in [0.717, 1.165) is 5.75 Å². The zero-order valence-corrected chi connectivity index (χ0v) is 9.98. The monoisotopic (exact) mass is 224 g/mol. The standard InChI is InChI=1S/C13H20O3/c1-11(2)12-3-5-13(6-4-12)16-10-9-15-8-7-14/h3-6,11,14H,7-10H2,1-2H3. The van der Waals surface area contributed by atoms with E-state index in [4.69, 9.17) is 14.6 Å². The molecule has 0 saturated heterocycles. The van der Waals surface area contributed by atoms with Crippen molar-refractivity contribution in [2.24, 2.45) is 0 Å². The van der Waals surface area contributed by atoms with Crippen molar-refractivity contribution in [3.63, 3.8) is 0 Å². The van der Waals surface area contributed by atoms with Gasteiger partial charge >= 0.3 is 0 Å². The summed E-state index contributed by atoms with van der Waals surface area (Å²) < 4.78 is 10.6. The molecule has 1 aromatic carbocycles. The molecule has 0 aliphatic rings. The van der Waals surface area contributed by atoms with Crippen LogP contribution in [0.1, 0.15) is 25.3 Å². The average Bonchev–Trinajstić information content (AvgIpc) is 2.29. The van der Waals surface area contributed by atoms with Crippen molar-refractivity contribution in [1.29, 1.82) is 0 Å². The second-order valence-corrected chi connectivity index (χ2v) is 3.91. The van der Waals surface area contributed by atoms with Crippen LogP contribution in [0.4, 0.5) is 0 Å². The van der Waals surface area contributed by atoms with Crippen LogP contribution < -0.4 is 4.74 Å². The molecule has 0 fully saturated rings. The minimum absolute atomic E-state index is 0.0586. The summed E-state index contributed by atoms with van der Waals surface area (Å²) in [5, 5.41) is 8.50. The Hall–Kier alpha value is -1.06. The van der Waals surface area contributed by atoms with Crippen LogP contribution in [0.3, 0.4) is 0 Å². The summed E-state index contributed by atoms with van der Waals surface area (Å²) in [5.41, 5.74) is 1.31. The molecule has 16 heavy (non-hydrogen) atoms. The van der Waals surface area contributed by atoms with Crippen LogP contribution in [-0.2, 0) is 4.74 Å². The molecule has 0 aromatic heterocycles. The number of hydrogen-bond acceptors (Lipinski definition) is 3. The smallest absolute Gasteiger partial charge is 0.119 e. The highest BCUT2D eigenvalue weighted by atomic mass is 16.5. The van der Waals surface area contributed by atoms with Gasteiger partial charge in [-0.25, -0.2) is 0 Å². The first kappa shape index (κ1) is 13.0. The molecule has 0 saturated carbocycles. The highest BCUT2D eigenvalue weighted by Crippen LogP contribution is 2.18. The molecule has 1 aromatic rings. The fraction of sp³-hybridized carbons (Fsp3) is 0.538. The van der Waals surface area contributed by atoms with Gasteiger partial charge < -0.3 is 14.6 Å². The zero-order valence-electron chi connectivity index (χ0n) is 9.98. The second-order valence-electron chi connectivity index (χ2n) is 3.91. The van der Waals surface area contributed by atoms with Crippen LogP contribution in [0.15, 0.2) is 24.3 Å². The molecular weight excluding hydrogens is 204 g/mol. The van der Waals surface area contributed by atoms with Gasteiger partial charge in [0.2, 0.25) is 0 Å². The molecule has 0 radical (unpaired) electrons. The average molecular weight is 224 g/mol. The molecule has 0 spiro atoms. The molecule has 3 nitrogen and oxygen atoms in total. The molecule has 90 valence electrons. The fourth-order valence-corrected chi connectivity index (χ4v) is 1.33. The Bertz CT molecular complexity index is 280. The van der Waals surface area contributed by atoms with E-state index in [9.17, 15) is 0 Å². The number of hydrogen-bond donors (Lipinski definition) is 1. The van der Waals surface area contributed by atoms with E-state index in [1.54, 1.807) is 0 Å². The Kier molecular flexibility index (Phi) is 5.90. The lowest BCUT2D eigenvalue weighted by atomic mass is 10.0. The van der Waals surface area contributed by atoms with E-state index in [1.807, 2.05) is 12.1 Å².